The first-order valence-electron chi connectivity index (χ1n) is 12.4. The van der Waals surface area contributed by atoms with E-state index in [1.54, 1.807) is 6.07 Å². The fourth-order valence-electron chi connectivity index (χ4n) is 6.34. The van der Waals surface area contributed by atoms with Crippen LogP contribution < -0.4 is 5.56 Å². The van der Waals surface area contributed by atoms with E-state index in [2.05, 4.69) is 9.80 Å². The predicted molar refractivity (Wildman–Crippen MR) is 122 cm³/mol. The SMILES string of the molecule is O=C(CN1CC[C@H](c2cc(=O)n3c(n2)CCCCC3)C1)N1CC[C@H](Cl)[C@H]2CCCC[C@H]21. The lowest BCUT2D eigenvalue weighted by atomic mass is 9.78. The molecule has 1 aromatic heterocycles. The Morgan fingerprint density at radius 1 is 1.03 bits per heavy atom. The third-order valence-corrected chi connectivity index (χ3v) is 8.59. The summed E-state index contributed by atoms with van der Waals surface area (Å²) in [6.07, 6.45) is 10.8. The van der Waals surface area contributed by atoms with Gasteiger partial charge < -0.3 is 4.90 Å². The Balaban J connectivity index is 1.23. The quantitative estimate of drug-likeness (QED) is 0.669. The molecular formula is C24H35ClN4O2. The van der Waals surface area contributed by atoms with Gasteiger partial charge in [0.1, 0.15) is 5.82 Å². The third-order valence-electron chi connectivity index (χ3n) is 8.05. The summed E-state index contributed by atoms with van der Waals surface area (Å²) < 4.78 is 1.87. The molecule has 4 atom stereocenters. The minimum absolute atomic E-state index is 0.101. The van der Waals surface area contributed by atoms with Gasteiger partial charge in [0.2, 0.25) is 5.91 Å². The Morgan fingerprint density at radius 3 is 2.81 bits per heavy atom. The molecule has 1 aliphatic carbocycles. The summed E-state index contributed by atoms with van der Waals surface area (Å²) in [6, 6.07) is 2.09. The van der Waals surface area contributed by atoms with Gasteiger partial charge in [0.25, 0.3) is 5.56 Å². The number of fused-ring (bicyclic) bond motifs is 2. The topological polar surface area (TPSA) is 58.4 Å². The van der Waals surface area contributed by atoms with Crippen molar-refractivity contribution < 1.29 is 4.79 Å². The molecule has 3 fully saturated rings. The summed E-state index contributed by atoms with van der Waals surface area (Å²) >= 11 is 6.61. The first-order chi connectivity index (χ1) is 15.1. The van der Waals surface area contributed by atoms with Crippen molar-refractivity contribution in [2.75, 3.05) is 26.2 Å². The number of halogens is 1. The number of aromatic nitrogens is 2. The number of piperidine rings is 1. The van der Waals surface area contributed by atoms with Gasteiger partial charge in [-0.05, 0) is 51.0 Å². The highest BCUT2D eigenvalue weighted by molar-refractivity contribution is 6.21. The van der Waals surface area contributed by atoms with Gasteiger partial charge in [0, 0.05) is 49.5 Å². The van der Waals surface area contributed by atoms with Gasteiger partial charge in [-0.1, -0.05) is 19.3 Å². The standard InChI is InChI=1S/C24H35ClN4O2/c25-19-10-13-28(21-7-4-3-6-18(19)21)24(31)16-27-12-9-17(15-27)20-14-23(30)29-11-5-1-2-8-22(29)26-20/h14,17-19,21H,1-13,15-16H2/t17-,18+,19-,21+/m0/s1. The van der Waals surface area contributed by atoms with Gasteiger partial charge in [-0.25, -0.2) is 4.98 Å². The summed E-state index contributed by atoms with van der Waals surface area (Å²) in [6.45, 7) is 3.80. The van der Waals surface area contributed by atoms with E-state index in [-0.39, 0.29) is 22.8 Å². The lowest BCUT2D eigenvalue weighted by molar-refractivity contribution is -0.138. The molecule has 2 saturated heterocycles. The highest BCUT2D eigenvalue weighted by Gasteiger charge is 2.41. The van der Waals surface area contributed by atoms with Crippen molar-refractivity contribution in [2.24, 2.45) is 5.92 Å². The molecular weight excluding hydrogens is 412 g/mol. The summed E-state index contributed by atoms with van der Waals surface area (Å²) in [5, 5.41) is 0.226. The van der Waals surface area contributed by atoms with E-state index in [9.17, 15) is 9.59 Å². The summed E-state index contributed by atoms with van der Waals surface area (Å²) in [4.78, 5) is 35.2. The Labute approximate surface area is 190 Å². The average molecular weight is 447 g/mol. The summed E-state index contributed by atoms with van der Waals surface area (Å²) in [5.74, 6) is 1.94. The second kappa shape index (κ2) is 9.22. The normalized spacial score (nSPS) is 31.7. The van der Waals surface area contributed by atoms with Crippen LogP contribution in [0.15, 0.2) is 10.9 Å². The number of likely N-dealkylation sites (tertiary alicyclic amines) is 2. The smallest absolute Gasteiger partial charge is 0.253 e. The van der Waals surface area contributed by atoms with Crippen LogP contribution >= 0.6 is 11.6 Å². The van der Waals surface area contributed by atoms with Crippen molar-refractivity contribution in [3.63, 3.8) is 0 Å². The number of rotatable bonds is 3. The highest BCUT2D eigenvalue weighted by Crippen LogP contribution is 2.38. The Bertz CT molecular complexity index is 872. The van der Waals surface area contributed by atoms with E-state index < -0.39 is 0 Å². The van der Waals surface area contributed by atoms with Crippen molar-refractivity contribution in [3.05, 3.63) is 27.9 Å². The molecule has 6 nitrogen and oxygen atoms in total. The van der Waals surface area contributed by atoms with Crippen LogP contribution in [-0.2, 0) is 17.8 Å². The maximum Gasteiger partial charge on any atom is 0.253 e. The number of nitrogens with zero attached hydrogens (tertiary/aromatic N) is 4. The molecule has 0 N–H and O–H groups in total. The minimum atomic E-state index is 0.101. The Morgan fingerprint density at radius 2 is 1.90 bits per heavy atom. The van der Waals surface area contributed by atoms with E-state index in [0.29, 0.717) is 18.5 Å². The molecule has 1 amide bonds. The van der Waals surface area contributed by atoms with Crippen LogP contribution in [-0.4, -0.2) is 62.9 Å². The molecule has 3 aliphatic heterocycles. The van der Waals surface area contributed by atoms with E-state index >= 15 is 0 Å². The molecule has 5 rings (SSSR count). The van der Waals surface area contributed by atoms with E-state index in [1.807, 2.05) is 4.57 Å². The zero-order valence-electron chi connectivity index (χ0n) is 18.5. The molecule has 31 heavy (non-hydrogen) atoms. The van der Waals surface area contributed by atoms with E-state index in [4.69, 9.17) is 16.6 Å². The largest absolute Gasteiger partial charge is 0.338 e. The molecule has 1 aromatic rings. The zero-order valence-corrected chi connectivity index (χ0v) is 19.2. The molecule has 0 bridgehead atoms. The number of hydrogen-bond acceptors (Lipinski definition) is 4. The second-order valence-electron chi connectivity index (χ2n) is 10.0. The number of hydrogen-bond donors (Lipinski definition) is 0. The van der Waals surface area contributed by atoms with Crippen LogP contribution in [0.4, 0.5) is 0 Å². The van der Waals surface area contributed by atoms with E-state index in [0.717, 1.165) is 82.6 Å². The monoisotopic (exact) mass is 446 g/mol. The van der Waals surface area contributed by atoms with Gasteiger partial charge in [0.15, 0.2) is 0 Å². The first kappa shape index (κ1) is 21.4. The third kappa shape index (κ3) is 4.43. The molecule has 7 heteroatoms. The zero-order chi connectivity index (χ0) is 21.4. The maximum atomic E-state index is 13.2. The van der Waals surface area contributed by atoms with Crippen molar-refractivity contribution in [1.29, 1.82) is 0 Å². The van der Waals surface area contributed by atoms with Crippen molar-refractivity contribution in [1.82, 2.24) is 19.4 Å². The molecule has 4 aliphatic rings. The highest BCUT2D eigenvalue weighted by atomic mass is 35.5. The molecule has 0 unspecified atom stereocenters. The van der Waals surface area contributed by atoms with Crippen LogP contribution in [0, 0.1) is 5.92 Å². The predicted octanol–water partition coefficient (Wildman–Crippen LogP) is 3.16. The van der Waals surface area contributed by atoms with Crippen LogP contribution in [0.1, 0.15) is 75.2 Å². The lowest BCUT2D eigenvalue weighted by Crippen LogP contribution is -2.55. The van der Waals surface area contributed by atoms with Crippen LogP contribution in [0.5, 0.6) is 0 Å². The number of aryl methyl sites for hydroxylation is 1. The maximum absolute atomic E-state index is 13.2. The molecule has 170 valence electrons. The fraction of sp³-hybridized carbons (Fsp3) is 0.792. The molecule has 0 aromatic carbocycles. The van der Waals surface area contributed by atoms with Gasteiger partial charge in [-0.15, -0.1) is 11.6 Å². The number of carbonyl (C=O) groups excluding carboxylic acids is 1. The minimum Gasteiger partial charge on any atom is -0.338 e. The molecule has 0 spiro atoms. The van der Waals surface area contributed by atoms with Crippen LogP contribution in [0.3, 0.4) is 0 Å². The van der Waals surface area contributed by atoms with Crippen molar-refractivity contribution >= 4 is 17.5 Å². The van der Waals surface area contributed by atoms with Gasteiger partial charge >= 0.3 is 0 Å². The summed E-state index contributed by atoms with van der Waals surface area (Å²) in [5.41, 5.74) is 1.03. The van der Waals surface area contributed by atoms with Gasteiger partial charge in [0.05, 0.1) is 12.2 Å². The van der Waals surface area contributed by atoms with Crippen LogP contribution in [0.2, 0.25) is 0 Å². The Hall–Kier alpha value is -1.40. The molecule has 4 heterocycles. The van der Waals surface area contributed by atoms with E-state index in [1.165, 1.54) is 19.3 Å². The van der Waals surface area contributed by atoms with Crippen LogP contribution in [0.25, 0.3) is 0 Å². The van der Waals surface area contributed by atoms with Gasteiger partial charge in [-0.3, -0.25) is 19.1 Å². The fourth-order valence-corrected chi connectivity index (χ4v) is 6.73. The lowest BCUT2D eigenvalue weighted by Gasteiger charge is -2.46. The van der Waals surface area contributed by atoms with Crippen molar-refractivity contribution in [2.45, 2.75) is 88.1 Å². The molecule has 0 radical (unpaired) electrons. The molecule has 1 saturated carbocycles. The van der Waals surface area contributed by atoms with Gasteiger partial charge in [-0.2, -0.15) is 0 Å². The Kier molecular flexibility index (Phi) is 6.38. The average Bonchev–Trinajstić information content (AvgIpc) is 3.10. The first-order valence-corrected chi connectivity index (χ1v) is 12.8. The van der Waals surface area contributed by atoms with Crippen molar-refractivity contribution in [3.8, 4) is 0 Å². The number of amides is 1. The summed E-state index contributed by atoms with van der Waals surface area (Å²) in [7, 11) is 0. The number of carbonyl (C=O) groups is 1. The second-order valence-corrected chi connectivity index (χ2v) is 10.6. The number of alkyl halides is 1.